The highest BCUT2D eigenvalue weighted by Crippen LogP contribution is 2.26. The molecule has 0 radical (unpaired) electrons. The van der Waals surface area contributed by atoms with Crippen LogP contribution in [0.5, 0.6) is 0 Å². The zero-order valence-corrected chi connectivity index (χ0v) is 17.1. The van der Waals surface area contributed by atoms with Crippen molar-refractivity contribution in [3.05, 3.63) is 0 Å². The molecule has 4 unspecified atom stereocenters. The Balaban J connectivity index is 3.26. The minimum Gasteiger partial charge on any atom is -0.479 e. The van der Waals surface area contributed by atoms with Gasteiger partial charge in [0.05, 0.1) is 12.8 Å². The summed E-state index contributed by atoms with van der Waals surface area (Å²) < 4.78 is 44.7. The van der Waals surface area contributed by atoms with E-state index in [9.17, 15) is 43.5 Å². The van der Waals surface area contributed by atoms with Crippen LogP contribution in [0.4, 0.5) is 0 Å². The number of carbonyl (C=O) groups is 2. The molecule has 0 aromatic rings. The quantitative estimate of drug-likeness (QED) is 0.0563. The van der Waals surface area contributed by atoms with E-state index in [4.69, 9.17) is 24.3 Å². The highest BCUT2D eigenvalue weighted by atomic mass is 32.3. The maximum Gasteiger partial charge on any atom is 0.397 e. The molecule has 1 amide bonds. The molecule has 9 N–H and O–H groups in total. The molecule has 1 fully saturated rings. The first-order chi connectivity index (χ1) is 14.7. The van der Waals surface area contributed by atoms with Crippen molar-refractivity contribution in [2.45, 2.75) is 62.0 Å². The minimum atomic E-state index is -5.01. The van der Waals surface area contributed by atoms with E-state index < -0.39 is 83.9 Å². The van der Waals surface area contributed by atoms with Gasteiger partial charge in [0.25, 0.3) is 0 Å². The van der Waals surface area contributed by atoms with E-state index >= 15 is 0 Å². The Morgan fingerprint density at radius 1 is 1.22 bits per heavy atom. The number of amides is 1. The highest BCUT2D eigenvalue weighted by Gasteiger charge is 2.49. The Kier molecular flexibility index (Phi) is 10.3. The SMILES string of the molecule is CC(=O)NC1[C@@H](O[C@H](C(O)C(=O)O)C(O)[C@H](O)/C=N\O)OC(COS(=O)(=O)O)[C@@H](O)[C@@H]1O. The van der Waals surface area contributed by atoms with Gasteiger partial charge in [-0.15, -0.1) is 0 Å². The number of hydrogen-bond donors (Lipinski definition) is 9. The van der Waals surface area contributed by atoms with Crippen molar-refractivity contribution in [3.8, 4) is 0 Å². The second kappa shape index (κ2) is 11.7. The lowest BCUT2D eigenvalue weighted by Crippen LogP contribution is -2.66. The third kappa shape index (κ3) is 7.85. The number of hydrogen-bond acceptors (Lipinski definition) is 14. The van der Waals surface area contributed by atoms with Gasteiger partial charge in [0.15, 0.2) is 12.4 Å². The third-order valence-electron chi connectivity index (χ3n) is 4.21. The molecule has 1 aliphatic heterocycles. The average molecular weight is 492 g/mol. The van der Waals surface area contributed by atoms with E-state index in [1.54, 1.807) is 0 Å². The van der Waals surface area contributed by atoms with Gasteiger partial charge in [0.1, 0.15) is 42.7 Å². The Hall–Kier alpha value is -2.00. The molecule has 17 nitrogen and oxygen atoms in total. The van der Waals surface area contributed by atoms with Crippen LogP contribution in [0.1, 0.15) is 6.92 Å². The van der Waals surface area contributed by atoms with Crippen LogP contribution in [0.2, 0.25) is 0 Å². The van der Waals surface area contributed by atoms with Gasteiger partial charge in [-0.2, -0.15) is 8.42 Å². The molecule has 1 heterocycles. The summed E-state index contributed by atoms with van der Waals surface area (Å²) in [5.74, 6) is -2.74. The van der Waals surface area contributed by atoms with Crippen molar-refractivity contribution in [3.63, 3.8) is 0 Å². The fourth-order valence-electron chi connectivity index (χ4n) is 2.71. The summed E-state index contributed by atoms with van der Waals surface area (Å²) >= 11 is 0. The smallest absolute Gasteiger partial charge is 0.397 e. The second-order valence-corrected chi connectivity index (χ2v) is 7.68. The molecule has 186 valence electrons. The van der Waals surface area contributed by atoms with Crippen LogP contribution in [0.25, 0.3) is 0 Å². The molecule has 1 saturated heterocycles. The number of carboxylic acid groups (broad SMARTS) is 1. The lowest BCUT2D eigenvalue weighted by Gasteiger charge is -2.44. The first kappa shape index (κ1) is 28.0. The Morgan fingerprint density at radius 2 is 1.81 bits per heavy atom. The fourth-order valence-corrected chi connectivity index (χ4v) is 3.02. The molecule has 32 heavy (non-hydrogen) atoms. The summed E-state index contributed by atoms with van der Waals surface area (Å²) in [5.41, 5.74) is 0. The molecule has 0 spiro atoms. The number of oxime groups is 1. The van der Waals surface area contributed by atoms with Crippen molar-refractivity contribution < 1.29 is 72.1 Å². The Morgan fingerprint density at radius 3 is 2.28 bits per heavy atom. The molecule has 0 bridgehead atoms. The van der Waals surface area contributed by atoms with Gasteiger partial charge in [-0.3, -0.25) is 9.35 Å². The van der Waals surface area contributed by atoms with Gasteiger partial charge >= 0.3 is 16.4 Å². The predicted molar refractivity (Wildman–Crippen MR) is 96.6 cm³/mol. The standard InChI is InChI=1S/C14H24N2O15S/c1-4(17)16-7-10(21)9(20)6(3-29-32(26,27)28)30-14(7)31-12(11(22)13(23)24)8(19)5(18)2-15-25/h2,5-12,14,18-22,25H,3H2,1H3,(H,16,17)(H,23,24)(H,26,27,28)/b15-2-/t5-,6?,7?,8?,9-,10-,11?,12+,14-/m1/s1. The largest absolute Gasteiger partial charge is 0.479 e. The van der Waals surface area contributed by atoms with Gasteiger partial charge in [-0.25, -0.2) is 8.98 Å². The molecule has 9 atom stereocenters. The van der Waals surface area contributed by atoms with Gasteiger partial charge in [0, 0.05) is 6.92 Å². The monoisotopic (exact) mass is 492 g/mol. The van der Waals surface area contributed by atoms with Crippen molar-refractivity contribution in [1.82, 2.24) is 5.32 Å². The highest BCUT2D eigenvalue weighted by molar-refractivity contribution is 7.80. The van der Waals surface area contributed by atoms with Crippen molar-refractivity contribution in [1.29, 1.82) is 0 Å². The number of carboxylic acids is 1. The van der Waals surface area contributed by atoms with Gasteiger partial charge in [0.2, 0.25) is 5.91 Å². The summed E-state index contributed by atoms with van der Waals surface area (Å²) in [6, 6.07) is -1.66. The van der Waals surface area contributed by atoms with Crippen molar-refractivity contribution >= 4 is 28.5 Å². The van der Waals surface area contributed by atoms with Crippen LogP contribution in [0, 0.1) is 0 Å². The van der Waals surface area contributed by atoms with E-state index in [2.05, 4.69) is 14.7 Å². The number of aliphatic hydroxyl groups excluding tert-OH is 5. The Labute approximate surface area is 180 Å². The summed E-state index contributed by atoms with van der Waals surface area (Å²) in [6.45, 7) is -0.0815. The number of aliphatic carboxylic acids is 1. The van der Waals surface area contributed by atoms with Crippen molar-refractivity contribution in [2.24, 2.45) is 5.16 Å². The topological polar surface area (TPSA) is 282 Å². The number of rotatable bonds is 11. The number of aliphatic hydroxyl groups is 5. The number of carbonyl (C=O) groups excluding carboxylic acids is 1. The molecular formula is C14H24N2O15S. The van der Waals surface area contributed by atoms with Crippen LogP contribution < -0.4 is 5.32 Å². The van der Waals surface area contributed by atoms with Gasteiger partial charge in [-0.05, 0) is 0 Å². The minimum absolute atomic E-state index is 0.365. The summed E-state index contributed by atoms with van der Waals surface area (Å²) in [5, 5.41) is 72.2. The summed E-state index contributed by atoms with van der Waals surface area (Å²) in [6.07, 6.45) is -16.3. The number of ether oxygens (including phenoxy) is 2. The van der Waals surface area contributed by atoms with Crippen LogP contribution in [-0.4, -0.2) is 129 Å². The molecule has 0 aliphatic carbocycles. The molecule has 0 aromatic carbocycles. The predicted octanol–water partition coefficient (Wildman–Crippen LogP) is -5.23. The number of nitrogens with zero attached hydrogens (tertiary/aromatic N) is 1. The van der Waals surface area contributed by atoms with Gasteiger partial charge in [-0.1, -0.05) is 5.16 Å². The van der Waals surface area contributed by atoms with Crippen LogP contribution >= 0.6 is 0 Å². The van der Waals surface area contributed by atoms with E-state index in [-0.39, 0.29) is 0 Å². The van der Waals surface area contributed by atoms with Crippen LogP contribution in [0.3, 0.4) is 0 Å². The van der Waals surface area contributed by atoms with E-state index in [1.165, 1.54) is 0 Å². The fraction of sp³-hybridized carbons (Fsp3) is 0.786. The molecule has 0 aromatic heterocycles. The first-order valence-corrected chi connectivity index (χ1v) is 10.1. The van der Waals surface area contributed by atoms with Crippen LogP contribution in [0.15, 0.2) is 5.16 Å². The number of nitrogens with one attached hydrogen (secondary N) is 1. The van der Waals surface area contributed by atoms with Crippen molar-refractivity contribution in [2.75, 3.05) is 6.61 Å². The summed E-state index contributed by atoms with van der Waals surface area (Å²) in [4.78, 5) is 22.7. The zero-order valence-electron chi connectivity index (χ0n) is 16.3. The maximum absolute atomic E-state index is 11.5. The lowest BCUT2D eigenvalue weighted by atomic mass is 9.96. The maximum atomic E-state index is 11.5. The first-order valence-electron chi connectivity index (χ1n) is 8.70. The molecule has 0 saturated carbocycles. The average Bonchev–Trinajstić information content (AvgIpc) is 2.68. The molecule has 18 heteroatoms. The summed E-state index contributed by atoms with van der Waals surface area (Å²) in [7, 11) is -5.01. The molecule has 1 aliphatic rings. The van der Waals surface area contributed by atoms with Crippen LogP contribution in [-0.2, 0) is 33.6 Å². The molecule has 1 rings (SSSR count). The molecular weight excluding hydrogens is 468 g/mol. The van der Waals surface area contributed by atoms with Gasteiger partial charge < -0.3 is 50.6 Å². The lowest BCUT2D eigenvalue weighted by molar-refractivity contribution is -0.297. The third-order valence-corrected chi connectivity index (χ3v) is 4.65. The second-order valence-electron chi connectivity index (χ2n) is 6.59. The van der Waals surface area contributed by atoms with E-state index in [0.29, 0.717) is 6.21 Å². The van der Waals surface area contributed by atoms with E-state index in [0.717, 1.165) is 6.92 Å². The zero-order chi connectivity index (χ0) is 24.8. The van der Waals surface area contributed by atoms with E-state index in [1.807, 2.05) is 0 Å². The normalized spacial score (nSPS) is 30.4. The Bertz CT molecular complexity index is 776.